The van der Waals surface area contributed by atoms with E-state index in [-0.39, 0.29) is 11.8 Å². The van der Waals surface area contributed by atoms with Crippen LogP contribution in [0.15, 0.2) is 59.0 Å². The van der Waals surface area contributed by atoms with Gasteiger partial charge in [-0.25, -0.2) is 9.78 Å². The van der Waals surface area contributed by atoms with Crippen LogP contribution in [0.3, 0.4) is 0 Å². The molecular weight excluding hydrogens is 454 g/mol. The second-order valence-electron chi connectivity index (χ2n) is 10.1. The van der Waals surface area contributed by atoms with E-state index in [1.165, 1.54) is 19.3 Å². The number of oxazole rings is 1. The van der Waals surface area contributed by atoms with Crippen LogP contribution < -0.4 is 9.47 Å². The lowest BCUT2D eigenvalue weighted by molar-refractivity contribution is -0.155. The van der Waals surface area contributed by atoms with Crippen LogP contribution in [0.2, 0.25) is 0 Å². The van der Waals surface area contributed by atoms with Crippen molar-refractivity contribution >= 4 is 5.97 Å². The molecule has 1 aliphatic carbocycles. The molecule has 0 aliphatic heterocycles. The van der Waals surface area contributed by atoms with E-state index in [9.17, 15) is 9.90 Å². The summed E-state index contributed by atoms with van der Waals surface area (Å²) in [5, 5.41) is 9.99. The average molecular weight is 492 g/mol. The zero-order chi connectivity index (χ0) is 25.6. The van der Waals surface area contributed by atoms with Crippen molar-refractivity contribution in [3.05, 3.63) is 77.5 Å². The zero-order valence-electron chi connectivity index (χ0n) is 21.6. The Morgan fingerprint density at radius 1 is 1.06 bits per heavy atom. The average Bonchev–Trinajstić information content (AvgIpc) is 3.27. The van der Waals surface area contributed by atoms with E-state index >= 15 is 0 Å². The lowest BCUT2D eigenvalue weighted by atomic mass is 9.76. The van der Waals surface area contributed by atoms with Gasteiger partial charge in [-0.3, -0.25) is 0 Å². The summed E-state index contributed by atoms with van der Waals surface area (Å²) < 4.78 is 18.0. The molecule has 1 aliphatic rings. The molecule has 0 amide bonds. The lowest BCUT2D eigenvalue weighted by Crippen LogP contribution is -2.46. The standard InChI is InChI=1S/C30H37NO5/c1-4-30(28(32)33,36-25-11-7-5-8-12-25)21-23-13-15-24(16-14-23)34-20-17-26-22(2)35-27(31-26)29(3)18-9-6-10-19-29/h5,7-8,11-16H,4,6,9-10,17-21H2,1-3H3,(H,32,33). The molecule has 36 heavy (non-hydrogen) atoms. The molecule has 0 spiro atoms. The first-order valence-electron chi connectivity index (χ1n) is 13.0. The van der Waals surface area contributed by atoms with E-state index in [0.717, 1.165) is 41.5 Å². The summed E-state index contributed by atoms with van der Waals surface area (Å²) in [6.07, 6.45) is 7.30. The van der Waals surface area contributed by atoms with Crippen LogP contribution in [-0.2, 0) is 23.1 Å². The fourth-order valence-corrected chi connectivity index (χ4v) is 4.98. The molecular formula is C30H37NO5. The lowest BCUT2D eigenvalue weighted by Gasteiger charge is -2.30. The maximum absolute atomic E-state index is 12.2. The maximum atomic E-state index is 12.2. The Balaban J connectivity index is 1.35. The van der Waals surface area contributed by atoms with E-state index in [2.05, 4.69) is 6.92 Å². The van der Waals surface area contributed by atoms with Crippen molar-refractivity contribution in [1.82, 2.24) is 4.98 Å². The molecule has 3 aromatic rings. The Morgan fingerprint density at radius 2 is 1.75 bits per heavy atom. The molecule has 192 valence electrons. The van der Waals surface area contributed by atoms with Crippen molar-refractivity contribution in [2.45, 2.75) is 83.2 Å². The number of nitrogens with zero attached hydrogens (tertiary/aromatic N) is 1. The third kappa shape index (κ3) is 5.92. The van der Waals surface area contributed by atoms with Gasteiger partial charge in [0.25, 0.3) is 0 Å². The number of hydrogen-bond acceptors (Lipinski definition) is 5. The molecule has 2 aromatic carbocycles. The Hall–Kier alpha value is -3.28. The highest BCUT2D eigenvalue weighted by Gasteiger charge is 2.39. The van der Waals surface area contributed by atoms with Gasteiger partial charge in [-0.15, -0.1) is 0 Å². The Labute approximate surface area is 213 Å². The number of hydrogen-bond donors (Lipinski definition) is 1. The van der Waals surface area contributed by atoms with Crippen molar-refractivity contribution in [3.63, 3.8) is 0 Å². The second kappa shape index (κ2) is 11.2. The highest BCUT2D eigenvalue weighted by molar-refractivity contribution is 5.78. The molecule has 1 unspecified atom stereocenters. The summed E-state index contributed by atoms with van der Waals surface area (Å²) in [4.78, 5) is 17.0. The largest absolute Gasteiger partial charge is 0.493 e. The molecule has 1 fully saturated rings. The van der Waals surface area contributed by atoms with Crippen LogP contribution in [0.25, 0.3) is 0 Å². The number of carboxylic acid groups (broad SMARTS) is 1. The zero-order valence-corrected chi connectivity index (χ0v) is 21.6. The van der Waals surface area contributed by atoms with E-state index in [1.54, 1.807) is 12.1 Å². The maximum Gasteiger partial charge on any atom is 0.348 e. The van der Waals surface area contributed by atoms with Crippen LogP contribution in [0.5, 0.6) is 11.5 Å². The summed E-state index contributed by atoms with van der Waals surface area (Å²) in [5.41, 5.74) is 0.549. The number of ether oxygens (including phenoxy) is 2. The number of aromatic nitrogens is 1. The first-order valence-corrected chi connectivity index (χ1v) is 13.0. The number of carbonyl (C=O) groups is 1. The topological polar surface area (TPSA) is 81.8 Å². The van der Waals surface area contributed by atoms with Crippen LogP contribution in [0.1, 0.15) is 75.3 Å². The molecule has 4 rings (SSSR count). The Bertz CT molecular complexity index is 1130. The molecule has 6 heteroatoms. The monoisotopic (exact) mass is 491 g/mol. The molecule has 1 heterocycles. The van der Waals surface area contributed by atoms with Gasteiger partial charge in [0.15, 0.2) is 0 Å². The predicted octanol–water partition coefficient (Wildman–Crippen LogP) is 6.68. The SMILES string of the molecule is CCC(Cc1ccc(OCCc2nc(C3(C)CCCCC3)oc2C)cc1)(Oc1ccccc1)C(=O)O. The number of carboxylic acids is 1. The van der Waals surface area contributed by atoms with Crippen molar-refractivity contribution in [1.29, 1.82) is 0 Å². The van der Waals surface area contributed by atoms with Gasteiger partial charge in [0.05, 0.1) is 12.3 Å². The molecule has 1 aromatic heterocycles. The minimum absolute atomic E-state index is 0.0475. The van der Waals surface area contributed by atoms with Crippen molar-refractivity contribution < 1.29 is 23.8 Å². The number of aryl methyl sites for hydroxylation is 1. The van der Waals surface area contributed by atoms with Gasteiger partial charge >= 0.3 is 5.97 Å². The van der Waals surface area contributed by atoms with E-state index in [4.69, 9.17) is 18.9 Å². The molecule has 1 saturated carbocycles. The van der Waals surface area contributed by atoms with E-state index < -0.39 is 11.6 Å². The molecule has 0 saturated heterocycles. The summed E-state index contributed by atoms with van der Waals surface area (Å²) in [7, 11) is 0. The number of benzene rings is 2. The number of aliphatic carboxylic acids is 1. The van der Waals surface area contributed by atoms with Gasteiger partial charge in [-0.1, -0.05) is 63.4 Å². The smallest absolute Gasteiger partial charge is 0.348 e. The van der Waals surface area contributed by atoms with E-state index in [0.29, 0.717) is 25.2 Å². The third-order valence-electron chi connectivity index (χ3n) is 7.40. The van der Waals surface area contributed by atoms with E-state index in [1.807, 2.05) is 56.3 Å². The highest BCUT2D eigenvalue weighted by atomic mass is 16.5. The molecule has 1 atom stereocenters. The molecule has 0 radical (unpaired) electrons. The fraction of sp³-hybridized carbons (Fsp3) is 0.467. The van der Waals surface area contributed by atoms with Crippen LogP contribution in [-0.4, -0.2) is 28.3 Å². The fourth-order valence-electron chi connectivity index (χ4n) is 4.98. The minimum Gasteiger partial charge on any atom is -0.493 e. The summed E-state index contributed by atoms with van der Waals surface area (Å²) in [6, 6.07) is 16.7. The van der Waals surface area contributed by atoms with Gasteiger partial charge < -0.3 is 19.0 Å². The second-order valence-corrected chi connectivity index (χ2v) is 10.1. The quantitative estimate of drug-likeness (QED) is 0.322. The summed E-state index contributed by atoms with van der Waals surface area (Å²) in [5.74, 6) is 2.05. The first-order chi connectivity index (χ1) is 17.3. The normalized spacial score (nSPS) is 16.8. The third-order valence-corrected chi connectivity index (χ3v) is 7.40. The number of para-hydroxylation sites is 1. The van der Waals surface area contributed by atoms with Gasteiger partial charge in [-0.2, -0.15) is 0 Å². The molecule has 1 N–H and O–H groups in total. The minimum atomic E-state index is -1.33. The van der Waals surface area contributed by atoms with Gasteiger partial charge in [-0.05, 0) is 56.0 Å². The van der Waals surface area contributed by atoms with Crippen LogP contribution >= 0.6 is 0 Å². The van der Waals surface area contributed by atoms with Crippen molar-refractivity contribution in [2.75, 3.05) is 6.61 Å². The first kappa shape index (κ1) is 25.8. The van der Waals surface area contributed by atoms with Gasteiger partial charge in [0.2, 0.25) is 11.5 Å². The predicted molar refractivity (Wildman–Crippen MR) is 139 cm³/mol. The Kier molecular flexibility index (Phi) is 8.02. The molecule has 0 bridgehead atoms. The van der Waals surface area contributed by atoms with Crippen molar-refractivity contribution in [2.24, 2.45) is 0 Å². The Morgan fingerprint density at radius 3 is 2.39 bits per heavy atom. The van der Waals surface area contributed by atoms with Gasteiger partial charge in [0, 0.05) is 18.3 Å². The van der Waals surface area contributed by atoms with Crippen molar-refractivity contribution in [3.8, 4) is 11.5 Å². The summed E-state index contributed by atoms with van der Waals surface area (Å²) in [6.45, 7) is 6.57. The van der Waals surface area contributed by atoms with Crippen LogP contribution in [0, 0.1) is 6.92 Å². The highest BCUT2D eigenvalue weighted by Crippen LogP contribution is 2.39. The van der Waals surface area contributed by atoms with Gasteiger partial charge in [0.1, 0.15) is 17.3 Å². The number of rotatable bonds is 11. The van der Waals surface area contributed by atoms with Crippen LogP contribution in [0.4, 0.5) is 0 Å². The molecule has 6 nitrogen and oxygen atoms in total. The summed E-state index contributed by atoms with van der Waals surface area (Å²) >= 11 is 0.